The number of amides is 2. The molecule has 0 radical (unpaired) electrons. The molecule has 0 aliphatic heterocycles. The molecular formula is C19H24N6O2. The fourth-order valence-electron chi connectivity index (χ4n) is 2.81. The van der Waals surface area contributed by atoms with Gasteiger partial charge in [-0.3, -0.25) is 0 Å². The molecule has 1 aromatic carbocycles. The summed E-state index contributed by atoms with van der Waals surface area (Å²) in [6.45, 7) is 6.62. The van der Waals surface area contributed by atoms with Crippen molar-refractivity contribution in [2.75, 3.05) is 7.05 Å². The number of rotatable bonds is 6. The van der Waals surface area contributed by atoms with Gasteiger partial charge in [-0.05, 0) is 37.6 Å². The molecule has 2 aromatic heterocycles. The lowest BCUT2D eigenvalue weighted by atomic mass is 10.2. The van der Waals surface area contributed by atoms with E-state index >= 15 is 0 Å². The number of carbonyl (C=O) groups excluding carboxylic acids is 1. The Morgan fingerprint density at radius 3 is 2.78 bits per heavy atom. The van der Waals surface area contributed by atoms with Crippen LogP contribution >= 0.6 is 0 Å². The van der Waals surface area contributed by atoms with Gasteiger partial charge in [0.25, 0.3) is 0 Å². The van der Waals surface area contributed by atoms with Crippen molar-refractivity contribution in [3.63, 3.8) is 0 Å². The number of aryl methyl sites for hydroxylation is 3. The Bertz CT molecular complexity index is 930. The summed E-state index contributed by atoms with van der Waals surface area (Å²) in [7, 11) is 1.75. The Kier molecular flexibility index (Phi) is 5.54. The Balaban J connectivity index is 1.61. The summed E-state index contributed by atoms with van der Waals surface area (Å²) < 4.78 is 6.98. The highest BCUT2D eigenvalue weighted by Gasteiger charge is 2.12. The van der Waals surface area contributed by atoms with E-state index in [0.717, 1.165) is 22.6 Å². The molecule has 2 heterocycles. The first-order chi connectivity index (χ1) is 13.0. The topological polar surface area (TPSA) is 89.1 Å². The van der Waals surface area contributed by atoms with Crippen molar-refractivity contribution in [3.05, 3.63) is 59.0 Å². The molecule has 3 aromatic rings. The van der Waals surface area contributed by atoms with Crippen LogP contribution in [0.2, 0.25) is 0 Å². The van der Waals surface area contributed by atoms with Crippen molar-refractivity contribution >= 4 is 6.03 Å². The van der Waals surface area contributed by atoms with E-state index in [9.17, 15) is 4.79 Å². The van der Waals surface area contributed by atoms with Gasteiger partial charge in [0.15, 0.2) is 5.82 Å². The summed E-state index contributed by atoms with van der Waals surface area (Å²) in [6, 6.07) is 9.83. The lowest BCUT2D eigenvalue weighted by molar-refractivity contribution is 0.204. The minimum atomic E-state index is -0.206. The monoisotopic (exact) mass is 368 g/mol. The van der Waals surface area contributed by atoms with Crippen molar-refractivity contribution in [1.29, 1.82) is 0 Å². The van der Waals surface area contributed by atoms with E-state index in [2.05, 4.69) is 20.6 Å². The zero-order valence-electron chi connectivity index (χ0n) is 16.1. The van der Waals surface area contributed by atoms with Crippen molar-refractivity contribution in [2.45, 2.75) is 40.3 Å². The number of urea groups is 1. The summed E-state index contributed by atoms with van der Waals surface area (Å²) in [4.78, 5) is 18.1. The SMILES string of the molecule is CCc1noc(CNC(=O)N(C)Cc2cccc(-n3nc(C)cc3C)c2)n1. The van der Waals surface area contributed by atoms with E-state index in [1.54, 1.807) is 11.9 Å². The first-order valence-electron chi connectivity index (χ1n) is 8.89. The highest BCUT2D eigenvalue weighted by molar-refractivity contribution is 5.73. The summed E-state index contributed by atoms with van der Waals surface area (Å²) in [5.74, 6) is 1.04. The predicted molar refractivity (Wildman–Crippen MR) is 100 cm³/mol. The molecule has 8 nitrogen and oxygen atoms in total. The minimum Gasteiger partial charge on any atom is -0.337 e. The standard InChI is InChI=1S/C19H24N6O2/c1-5-17-21-18(27-23-17)11-20-19(26)24(4)12-15-7-6-8-16(10-15)25-14(3)9-13(2)22-25/h6-10H,5,11-12H2,1-4H3,(H,20,26). The second-order valence-electron chi connectivity index (χ2n) is 6.48. The largest absolute Gasteiger partial charge is 0.337 e. The van der Waals surface area contributed by atoms with Crippen LogP contribution in [-0.4, -0.2) is 37.9 Å². The van der Waals surface area contributed by atoms with Crippen LogP contribution in [0.1, 0.15) is 35.6 Å². The van der Waals surface area contributed by atoms with Crippen molar-refractivity contribution in [3.8, 4) is 5.69 Å². The maximum atomic E-state index is 12.3. The molecule has 0 spiro atoms. The molecule has 3 rings (SSSR count). The average Bonchev–Trinajstić information content (AvgIpc) is 3.25. The molecule has 1 N–H and O–H groups in total. The predicted octanol–water partition coefficient (Wildman–Crippen LogP) is 2.78. The van der Waals surface area contributed by atoms with Gasteiger partial charge in [0.2, 0.25) is 5.89 Å². The zero-order chi connectivity index (χ0) is 19.4. The molecule has 0 aliphatic rings. The minimum absolute atomic E-state index is 0.206. The number of benzene rings is 1. The number of aromatic nitrogens is 4. The third-order valence-corrected chi connectivity index (χ3v) is 4.15. The van der Waals surface area contributed by atoms with E-state index in [0.29, 0.717) is 24.7 Å². The van der Waals surface area contributed by atoms with Crippen LogP contribution in [0.4, 0.5) is 4.79 Å². The molecule has 0 aliphatic carbocycles. The van der Waals surface area contributed by atoms with Gasteiger partial charge >= 0.3 is 6.03 Å². The van der Waals surface area contributed by atoms with Crippen LogP contribution in [0.3, 0.4) is 0 Å². The van der Waals surface area contributed by atoms with Crippen LogP contribution in [0.15, 0.2) is 34.9 Å². The first-order valence-corrected chi connectivity index (χ1v) is 8.89. The molecule has 0 atom stereocenters. The van der Waals surface area contributed by atoms with Crippen molar-refractivity contribution in [2.24, 2.45) is 0 Å². The van der Waals surface area contributed by atoms with E-state index < -0.39 is 0 Å². The maximum absolute atomic E-state index is 12.3. The Morgan fingerprint density at radius 1 is 1.30 bits per heavy atom. The van der Waals surface area contributed by atoms with E-state index in [1.165, 1.54) is 0 Å². The molecular weight excluding hydrogens is 344 g/mol. The van der Waals surface area contributed by atoms with Crippen molar-refractivity contribution in [1.82, 2.24) is 30.1 Å². The Morgan fingerprint density at radius 2 is 2.11 bits per heavy atom. The number of nitrogens with zero attached hydrogens (tertiary/aromatic N) is 5. The fraction of sp³-hybridized carbons (Fsp3) is 0.368. The van der Waals surface area contributed by atoms with E-state index in [1.807, 2.05) is 55.8 Å². The van der Waals surface area contributed by atoms with Crippen LogP contribution < -0.4 is 5.32 Å². The highest BCUT2D eigenvalue weighted by atomic mass is 16.5. The van der Waals surface area contributed by atoms with Gasteiger partial charge < -0.3 is 14.7 Å². The molecule has 2 amide bonds. The summed E-state index contributed by atoms with van der Waals surface area (Å²) in [5.41, 5.74) is 4.04. The lowest BCUT2D eigenvalue weighted by Crippen LogP contribution is -2.36. The van der Waals surface area contributed by atoms with E-state index in [-0.39, 0.29) is 12.6 Å². The van der Waals surface area contributed by atoms with Gasteiger partial charge in [0.1, 0.15) is 0 Å². The second-order valence-corrected chi connectivity index (χ2v) is 6.48. The first kappa shape index (κ1) is 18.6. The Labute approximate surface area is 158 Å². The highest BCUT2D eigenvalue weighted by Crippen LogP contribution is 2.15. The summed E-state index contributed by atoms with van der Waals surface area (Å²) in [5, 5.41) is 11.1. The fourth-order valence-corrected chi connectivity index (χ4v) is 2.81. The number of nitrogens with one attached hydrogen (secondary N) is 1. The lowest BCUT2D eigenvalue weighted by Gasteiger charge is -2.18. The quantitative estimate of drug-likeness (QED) is 0.723. The molecule has 0 bridgehead atoms. The van der Waals surface area contributed by atoms with Gasteiger partial charge in [-0.25, -0.2) is 9.48 Å². The second kappa shape index (κ2) is 8.03. The van der Waals surface area contributed by atoms with Gasteiger partial charge in [-0.2, -0.15) is 10.1 Å². The summed E-state index contributed by atoms with van der Waals surface area (Å²) >= 11 is 0. The average molecular weight is 368 g/mol. The smallest absolute Gasteiger partial charge is 0.317 e. The zero-order valence-corrected chi connectivity index (χ0v) is 16.1. The van der Waals surface area contributed by atoms with E-state index in [4.69, 9.17) is 4.52 Å². The number of hydrogen-bond acceptors (Lipinski definition) is 5. The molecule has 8 heteroatoms. The van der Waals surface area contributed by atoms with Gasteiger partial charge in [-0.15, -0.1) is 0 Å². The van der Waals surface area contributed by atoms with Crippen LogP contribution in [0.25, 0.3) is 5.69 Å². The molecule has 0 fully saturated rings. The van der Waals surface area contributed by atoms with Gasteiger partial charge in [0, 0.05) is 25.7 Å². The normalized spacial score (nSPS) is 10.8. The third-order valence-electron chi connectivity index (χ3n) is 4.15. The number of hydrogen-bond donors (Lipinski definition) is 1. The van der Waals surface area contributed by atoms with Crippen LogP contribution in [-0.2, 0) is 19.5 Å². The maximum Gasteiger partial charge on any atom is 0.317 e. The van der Waals surface area contributed by atoms with Crippen LogP contribution in [0, 0.1) is 13.8 Å². The van der Waals surface area contributed by atoms with Crippen molar-refractivity contribution < 1.29 is 9.32 Å². The molecule has 0 unspecified atom stereocenters. The molecule has 27 heavy (non-hydrogen) atoms. The summed E-state index contributed by atoms with van der Waals surface area (Å²) in [6.07, 6.45) is 0.697. The molecule has 142 valence electrons. The third kappa shape index (κ3) is 4.52. The molecule has 0 saturated heterocycles. The van der Waals surface area contributed by atoms with Gasteiger partial charge in [-0.1, -0.05) is 24.2 Å². The Hall–Kier alpha value is -3.16. The number of carbonyl (C=O) groups is 1. The molecule has 0 saturated carbocycles. The van der Waals surface area contributed by atoms with Crippen LogP contribution in [0.5, 0.6) is 0 Å². The van der Waals surface area contributed by atoms with Gasteiger partial charge in [0.05, 0.1) is 17.9 Å².